The van der Waals surface area contributed by atoms with Crippen molar-refractivity contribution in [2.24, 2.45) is 0 Å². The number of ether oxygens (including phenoxy) is 1. The Balaban J connectivity index is 0.00000245. The highest BCUT2D eigenvalue weighted by atomic mass is 35.5. The Bertz CT molecular complexity index is 1020. The molecule has 0 bridgehead atoms. The third-order valence-electron chi connectivity index (χ3n) is 7.25. The van der Waals surface area contributed by atoms with Gasteiger partial charge in [-0.15, -0.1) is 12.4 Å². The van der Waals surface area contributed by atoms with Crippen LogP contribution in [-0.4, -0.2) is 31.1 Å². The van der Waals surface area contributed by atoms with E-state index < -0.39 is 0 Å². The normalized spacial score (nSPS) is 21.5. The van der Waals surface area contributed by atoms with Gasteiger partial charge in [0.05, 0.1) is 13.2 Å². The number of likely N-dealkylation sites (tertiary alicyclic amines) is 1. The molecular formula is C28H31ClFNO. The molecule has 0 aromatic heterocycles. The van der Waals surface area contributed by atoms with E-state index in [9.17, 15) is 4.39 Å². The lowest BCUT2D eigenvalue weighted by molar-refractivity contribution is 0.0560. The molecule has 32 heavy (non-hydrogen) atoms. The zero-order valence-corrected chi connectivity index (χ0v) is 19.2. The molecule has 2 nitrogen and oxygen atoms in total. The fraction of sp³-hybridized carbons (Fsp3) is 0.357. The molecule has 2 aliphatic rings. The van der Waals surface area contributed by atoms with Gasteiger partial charge in [0.1, 0.15) is 5.82 Å². The molecule has 0 N–H and O–H groups in total. The highest BCUT2D eigenvalue weighted by molar-refractivity contribution is 5.85. The average molecular weight is 452 g/mol. The van der Waals surface area contributed by atoms with Crippen molar-refractivity contribution in [1.29, 1.82) is 0 Å². The summed E-state index contributed by atoms with van der Waals surface area (Å²) in [6, 6.07) is 26.9. The molecule has 2 heterocycles. The van der Waals surface area contributed by atoms with Gasteiger partial charge in [-0.3, -0.25) is 0 Å². The van der Waals surface area contributed by atoms with Crippen LogP contribution in [0.2, 0.25) is 0 Å². The first-order chi connectivity index (χ1) is 15.3. The van der Waals surface area contributed by atoms with E-state index in [0.29, 0.717) is 12.5 Å². The SMILES string of the molecule is Cl.Fc1ccccc1C1CCN(CCC2(c3ccccc3)COCc3ccccc32)CC1. The van der Waals surface area contributed by atoms with Crippen LogP contribution in [0.1, 0.15) is 47.4 Å². The monoisotopic (exact) mass is 451 g/mol. The molecule has 0 saturated carbocycles. The molecule has 3 aromatic carbocycles. The molecule has 0 amide bonds. The van der Waals surface area contributed by atoms with E-state index in [1.807, 2.05) is 12.1 Å². The third-order valence-corrected chi connectivity index (χ3v) is 7.25. The molecule has 3 aromatic rings. The number of nitrogens with zero attached hydrogens (tertiary/aromatic N) is 1. The van der Waals surface area contributed by atoms with Crippen LogP contribution in [0.4, 0.5) is 4.39 Å². The van der Waals surface area contributed by atoms with Crippen molar-refractivity contribution in [1.82, 2.24) is 4.90 Å². The van der Waals surface area contributed by atoms with Gasteiger partial charge in [0.15, 0.2) is 0 Å². The van der Waals surface area contributed by atoms with E-state index in [2.05, 4.69) is 59.5 Å². The van der Waals surface area contributed by atoms with Gasteiger partial charge in [-0.05, 0) is 73.1 Å². The summed E-state index contributed by atoms with van der Waals surface area (Å²) in [7, 11) is 0. The van der Waals surface area contributed by atoms with Gasteiger partial charge < -0.3 is 9.64 Å². The van der Waals surface area contributed by atoms with E-state index in [1.165, 1.54) is 16.7 Å². The number of rotatable bonds is 5. The lowest BCUT2D eigenvalue weighted by Crippen LogP contribution is -2.42. The van der Waals surface area contributed by atoms with Crippen LogP contribution in [0.5, 0.6) is 0 Å². The Morgan fingerprint density at radius 3 is 2.34 bits per heavy atom. The minimum Gasteiger partial charge on any atom is -0.375 e. The van der Waals surface area contributed by atoms with E-state index in [4.69, 9.17) is 4.74 Å². The Hall–Kier alpha value is -2.20. The Labute approximate surface area is 196 Å². The molecule has 4 heteroatoms. The average Bonchev–Trinajstić information content (AvgIpc) is 2.84. The summed E-state index contributed by atoms with van der Waals surface area (Å²) in [6.07, 6.45) is 3.07. The second-order valence-corrected chi connectivity index (χ2v) is 8.99. The van der Waals surface area contributed by atoms with Gasteiger partial charge in [-0.25, -0.2) is 4.39 Å². The Morgan fingerprint density at radius 2 is 1.56 bits per heavy atom. The fourth-order valence-electron chi connectivity index (χ4n) is 5.50. The molecule has 1 atom stereocenters. The number of halogens is 2. The number of hydrogen-bond acceptors (Lipinski definition) is 2. The summed E-state index contributed by atoms with van der Waals surface area (Å²) in [5, 5.41) is 0. The molecule has 1 unspecified atom stereocenters. The van der Waals surface area contributed by atoms with Gasteiger partial charge in [-0.1, -0.05) is 72.8 Å². The van der Waals surface area contributed by atoms with Gasteiger partial charge in [-0.2, -0.15) is 0 Å². The maximum atomic E-state index is 14.2. The molecule has 0 aliphatic carbocycles. The van der Waals surface area contributed by atoms with E-state index in [1.54, 1.807) is 12.1 Å². The lowest BCUT2D eigenvalue weighted by Gasteiger charge is -2.42. The zero-order valence-electron chi connectivity index (χ0n) is 18.4. The maximum absolute atomic E-state index is 14.2. The molecule has 5 rings (SSSR count). The van der Waals surface area contributed by atoms with Crippen molar-refractivity contribution in [2.75, 3.05) is 26.2 Å². The maximum Gasteiger partial charge on any atom is 0.126 e. The summed E-state index contributed by atoms with van der Waals surface area (Å²) in [5.41, 5.74) is 4.82. The van der Waals surface area contributed by atoms with Crippen LogP contribution in [0.15, 0.2) is 78.9 Å². The lowest BCUT2D eigenvalue weighted by atomic mass is 9.70. The first-order valence-corrected chi connectivity index (χ1v) is 11.4. The van der Waals surface area contributed by atoms with Gasteiger partial charge in [0, 0.05) is 5.41 Å². The van der Waals surface area contributed by atoms with Crippen molar-refractivity contribution < 1.29 is 9.13 Å². The minimum absolute atomic E-state index is 0. The molecular weight excluding hydrogens is 421 g/mol. The van der Waals surface area contributed by atoms with Crippen LogP contribution >= 0.6 is 12.4 Å². The van der Waals surface area contributed by atoms with Gasteiger partial charge in [0.2, 0.25) is 0 Å². The summed E-state index contributed by atoms with van der Waals surface area (Å²) in [6.45, 7) is 4.48. The summed E-state index contributed by atoms with van der Waals surface area (Å²) in [5.74, 6) is 0.277. The zero-order chi connectivity index (χ0) is 21.1. The van der Waals surface area contributed by atoms with Crippen molar-refractivity contribution >= 4 is 12.4 Å². The molecule has 0 radical (unpaired) electrons. The number of fused-ring (bicyclic) bond motifs is 1. The number of piperidine rings is 1. The van der Waals surface area contributed by atoms with Crippen molar-refractivity contribution in [3.05, 3.63) is 107 Å². The summed E-state index contributed by atoms with van der Waals surface area (Å²) < 4.78 is 20.3. The van der Waals surface area contributed by atoms with E-state index >= 15 is 0 Å². The van der Waals surface area contributed by atoms with Crippen molar-refractivity contribution in [3.8, 4) is 0 Å². The molecule has 2 aliphatic heterocycles. The summed E-state index contributed by atoms with van der Waals surface area (Å²) >= 11 is 0. The van der Waals surface area contributed by atoms with Gasteiger partial charge in [0.25, 0.3) is 0 Å². The standard InChI is InChI=1S/C28H30FNO.ClH/c29-27-13-7-5-11-25(27)22-14-17-30(18-15-22)19-16-28(24-9-2-1-3-10-24)21-31-20-23-8-4-6-12-26(23)28;/h1-13,22H,14-21H2;1H. The Kier molecular flexibility index (Phi) is 7.30. The van der Waals surface area contributed by atoms with Crippen molar-refractivity contribution in [2.45, 2.75) is 37.2 Å². The van der Waals surface area contributed by atoms with Gasteiger partial charge >= 0.3 is 0 Å². The Morgan fingerprint density at radius 1 is 0.875 bits per heavy atom. The van der Waals surface area contributed by atoms with Crippen molar-refractivity contribution in [3.63, 3.8) is 0 Å². The molecule has 1 fully saturated rings. The van der Waals surface area contributed by atoms with Crippen LogP contribution in [-0.2, 0) is 16.8 Å². The first-order valence-electron chi connectivity index (χ1n) is 11.4. The second kappa shape index (κ2) is 10.2. The topological polar surface area (TPSA) is 12.5 Å². The summed E-state index contributed by atoms with van der Waals surface area (Å²) in [4.78, 5) is 2.55. The molecule has 1 saturated heterocycles. The smallest absolute Gasteiger partial charge is 0.126 e. The van der Waals surface area contributed by atoms with Crippen LogP contribution in [0, 0.1) is 5.82 Å². The van der Waals surface area contributed by atoms with Crippen LogP contribution in [0.3, 0.4) is 0 Å². The predicted molar refractivity (Wildman–Crippen MR) is 130 cm³/mol. The van der Waals surface area contributed by atoms with Crippen LogP contribution < -0.4 is 0 Å². The fourth-order valence-corrected chi connectivity index (χ4v) is 5.50. The molecule has 0 spiro atoms. The second-order valence-electron chi connectivity index (χ2n) is 8.99. The highest BCUT2D eigenvalue weighted by Gasteiger charge is 2.39. The quantitative estimate of drug-likeness (QED) is 0.449. The van der Waals surface area contributed by atoms with E-state index in [-0.39, 0.29) is 23.6 Å². The minimum atomic E-state index is -0.113. The van der Waals surface area contributed by atoms with E-state index in [0.717, 1.165) is 51.1 Å². The number of benzene rings is 3. The third kappa shape index (κ3) is 4.47. The highest BCUT2D eigenvalue weighted by Crippen LogP contribution is 2.41. The largest absolute Gasteiger partial charge is 0.375 e. The number of hydrogen-bond donors (Lipinski definition) is 0. The first kappa shape index (κ1) is 23.0. The predicted octanol–water partition coefficient (Wildman–Crippen LogP) is 6.33. The molecule has 168 valence electrons. The van der Waals surface area contributed by atoms with Crippen LogP contribution in [0.25, 0.3) is 0 Å².